The van der Waals surface area contributed by atoms with Crippen LogP contribution in [-0.4, -0.2) is 63.5 Å². The number of guanidine groups is 1. The van der Waals surface area contributed by atoms with Gasteiger partial charge in [-0.25, -0.2) is 0 Å². The molecule has 3 rings (SSSR count). The smallest absolute Gasteiger partial charge is 0.194 e. The molecule has 2 atom stereocenters. The molecular weight excluding hydrogens is 318 g/mol. The van der Waals surface area contributed by atoms with Gasteiger partial charge in [-0.15, -0.1) is 0 Å². The van der Waals surface area contributed by atoms with Crippen LogP contribution in [0.4, 0.5) is 0 Å². The third-order valence-corrected chi connectivity index (χ3v) is 4.74. The molecular formula is C19H29N3O3. The van der Waals surface area contributed by atoms with Crippen LogP contribution in [-0.2, 0) is 27.4 Å². The molecule has 6 nitrogen and oxygen atoms in total. The van der Waals surface area contributed by atoms with Gasteiger partial charge in [0.15, 0.2) is 5.96 Å². The predicted octanol–water partition coefficient (Wildman–Crippen LogP) is 1.79. The molecule has 1 aromatic rings. The summed E-state index contributed by atoms with van der Waals surface area (Å²) in [6, 6.07) is 8.43. The van der Waals surface area contributed by atoms with Crippen molar-refractivity contribution < 1.29 is 14.2 Å². The average molecular weight is 347 g/mol. The Morgan fingerprint density at radius 3 is 2.88 bits per heavy atom. The molecule has 0 aliphatic carbocycles. The summed E-state index contributed by atoms with van der Waals surface area (Å²) in [7, 11) is 3.55. The van der Waals surface area contributed by atoms with E-state index >= 15 is 0 Å². The van der Waals surface area contributed by atoms with Gasteiger partial charge in [0.2, 0.25) is 0 Å². The van der Waals surface area contributed by atoms with Gasteiger partial charge in [0.05, 0.1) is 19.3 Å². The van der Waals surface area contributed by atoms with E-state index in [0.717, 1.165) is 45.0 Å². The van der Waals surface area contributed by atoms with E-state index in [1.54, 1.807) is 7.11 Å². The summed E-state index contributed by atoms with van der Waals surface area (Å²) in [4.78, 5) is 6.73. The quantitative estimate of drug-likeness (QED) is 0.650. The SMILES string of the molecule is CN=C(NCc1cccc(COC)c1)N1CCOC(C2CCCO2)C1. The number of hydrogen-bond acceptors (Lipinski definition) is 4. The summed E-state index contributed by atoms with van der Waals surface area (Å²) in [6.07, 6.45) is 2.60. The Balaban J connectivity index is 1.55. The Labute approximate surface area is 150 Å². The highest BCUT2D eigenvalue weighted by Gasteiger charge is 2.32. The molecule has 0 bridgehead atoms. The third kappa shape index (κ3) is 4.93. The lowest BCUT2D eigenvalue weighted by molar-refractivity contribution is -0.0817. The van der Waals surface area contributed by atoms with Crippen LogP contribution in [0.5, 0.6) is 0 Å². The molecule has 25 heavy (non-hydrogen) atoms. The van der Waals surface area contributed by atoms with Crippen molar-refractivity contribution in [2.75, 3.05) is 40.5 Å². The van der Waals surface area contributed by atoms with Gasteiger partial charge in [-0.2, -0.15) is 0 Å². The second-order valence-corrected chi connectivity index (χ2v) is 6.56. The summed E-state index contributed by atoms with van der Waals surface area (Å²) in [5.74, 6) is 0.920. The maximum atomic E-state index is 5.93. The van der Waals surface area contributed by atoms with E-state index in [0.29, 0.717) is 13.2 Å². The minimum atomic E-state index is 0.139. The Hall–Kier alpha value is -1.63. The summed E-state index contributed by atoms with van der Waals surface area (Å²) in [6.45, 7) is 4.63. The number of hydrogen-bond donors (Lipinski definition) is 1. The van der Waals surface area contributed by atoms with Gasteiger partial charge >= 0.3 is 0 Å². The van der Waals surface area contributed by atoms with Crippen LogP contribution in [0, 0.1) is 0 Å². The second kappa shape index (κ2) is 9.17. The molecule has 6 heteroatoms. The maximum absolute atomic E-state index is 5.93. The minimum absolute atomic E-state index is 0.139. The van der Waals surface area contributed by atoms with Crippen molar-refractivity contribution in [3.8, 4) is 0 Å². The number of benzene rings is 1. The summed E-state index contributed by atoms with van der Waals surface area (Å²) in [5.41, 5.74) is 2.40. The van der Waals surface area contributed by atoms with E-state index in [-0.39, 0.29) is 12.2 Å². The number of morpholine rings is 1. The number of nitrogens with one attached hydrogen (secondary N) is 1. The Bertz CT molecular complexity index is 573. The molecule has 1 N–H and O–H groups in total. The molecule has 0 spiro atoms. The molecule has 2 aliphatic heterocycles. The van der Waals surface area contributed by atoms with Gasteiger partial charge in [0.1, 0.15) is 6.10 Å². The zero-order valence-corrected chi connectivity index (χ0v) is 15.2. The molecule has 2 heterocycles. The van der Waals surface area contributed by atoms with Crippen LogP contribution < -0.4 is 5.32 Å². The third-order valence-electron chi connectivity index (χ3n) is 4.74. The fourth-order valence-electron chi connectivity index (χ4n) is 3.50. The van der Waals surface area contributed by atoms with Gasteiger partial charge in [-0.1, -0.05) is 24.3 Å². The fraction of sp³-hybridized carbons (Fsp3) is 0.632. The molecule has 0 amide bonds. The van der Waals surface area contributed by atoms with Gasteiger partial charge in [0, 0.05) is 40.4 Å². The highest BCUT2D eigenvalue weighted by atomic mass is 16.5. The van der Waals surface area contributed by atoms with Crippen molar-refractivity contribution in [3.63, 3.8) is 0 Å². The van der Waals surface area contributed by atoms with Crippen LogP contribution in [0.2, 0.25) is 0 Å². The van der Waals surface area contributed by atoms with Crippen LogP contribution in [0.1, 0.15) is 24.0 Å². The Morgan fingerprint density at radius 1 is 1.28 bits per heavy atom. The number of nitrogens with zero attached hydrogens (tertiary/aromatic N) is 2. The van der Waals surface area contributed by atoms with Crippen LogP contribution in [0.25, 0.3) is 0 Å². The van der Waals surface area contributed by atoms with Crippen molar-refractivity contribution in [2.24, 2.45) is 4.99 Å². The van der Waals surface area contributed by atoms with E-state index in [1.165, 1.54) is 11.1 Å². The highest BCUT2D eigenvalue weighted by molar-refractivity contribution is 5.80. The van der Waals surface area contributed by atoms with Crippen LogP contribution in [0.15, 0.2) is 29.3 Å². The molecule has 2 unspecified atom stereocenters. The normalized spacial score (nSPS) is 24.6. The maximum Gasteiger partial charge on any atom is 0.194 e. The molecule has 2 aliphatic rings. The van der Waals surface area contributed by atoms with Crippen LogP contribution in [0.3, 0.4) is 0 Å². The fourth-order valence-corrected chi connectivity index (χ4v) is 3.50. The lowest BCUT2D eigenvalue weighted by Gasteiger charge is -2.37. The zero-order chi connectivity index (χ0) is 17.5. The van der Waals surface area contributed by atoms with Crippen molar-refractivity contribution in [1.82, 2.24) is 10.2 Å². The minimum Gasteiger partial charge on any atom is -0.380 e. The van der Waals surface area contributed by atoms with Gasteiger partial charge < -0.3 is 24.4 Å². The first-order chi connectivity index (χ1) is 12.3. The van der Waals surface area contributed by atoms with Crippen molar-refractivity contribution >= 4 is 5.96 Å². The first kappa shape index (κ1) is 18.2. The lowest BCUT2D eigenvalue weighted by Crippen LogP contribution is -2.53. The Morgan fingerprint density at radius 2 is 2.12 bits per heavy atom. The topological polar surface area (TPSA) is 55.3 Å². The molecule has 0 saturated carbocycles. The second-order valence-electron chi connectivity index (χ2n) is 6.56. The van der Waals surface area contributed by atoms with Gasteiger partial charge in [-0.05, 0) is 24.0 Å². The standard InChI is InChI=1S/C19H29N3O3/c1-20-19(21-12-15-5-3-6-16(11-15)14-23-2)22-8-10-25-18(13-22)17-7-4-9-24-17/h3,5-6,11,17-18H,4,7-10,12-14H2,1-2H3,(H,20,21). The molecule has 2 saturated heterocycles. The molecule has 0 aromatic heterocycles. The molecule has 2 fully saturated rings. The van der Waals surface area contributed by atoms with E-state index in [1.807, 2.05) is 7.05 Å². The van der Waals surface area contributed by atoms with Crippen molar-refractivity contribution in [3.05, 3.63) is 35.4 Å². The predicted molar refractivity (Wildman–Crippen MR) is 97.6 cm³/mol. The van der Waals surface area contributed by atoms with E-state index in [2.05, 4.69) is 39.5 Å². The first-order valence-corrected chi connectivity index (χ1v) is 9.05. The number of methoxy groups -OCH3 is 1. The number of rotatable bonds is 5. The van der Waals surface area contributed by atoms with Crippen molar-refractivity contribution in [2.45, 2.75) is 38.2 Å². The zero-order valence-electron chi connectivity index (χ0n) is 15.2. The monoisotopic (exact) mass is 347 g/mol. The molecule has 0 radical (unpaired) electrons. The number of aliphatic imine (C=N–C) groups is 1. The lowest BCUT2D eigenvalue weighted by atomic mass is 10.1. The van der Waals surface area contributed by atoms with Gasteiger partial charge in [0.25, 0.3) is 0 Å². The number of ether oxygens (including phenoxy) is 3. The summed E-state index contributed by atoms with van der Waals surface area (Å²) >= 11 is 0. The van der Waals surface area contributed by atoms with Crippen LogP contribution >= 0.6 is 0 Å². The van der Waals surface area contributed by atoms with E-state index < -0.39 is 0 Å². The average Bonchev–Trinajstić information content (AvgIpc) is 3.18. The molecule has 138 valence electrons. The Kier molecular flexibility index (Phi) is 6.67. The van der Waals surface area contributed by atoms with E-state index in [9.17, 15) is 0 Å². The summed E-state index contributed by atoms with van der Waals surface area (Å²) in [5, 5.41) is 3.47. The highest BCUT2D eigenvalue weighted by Crippen LogP contribution is 2.21. The van der Waals surface area contributed by atoms with E-state index in [4.69, 9.17) is 14.2 Å². The van der Waals surface area contributed by atoms with Gasteiger partial charge in [-0.3, -0.25) is 4.99 Å². The first-order valence-electron chi connectivity index (χ1n) is 9.05. The molecule has 1 aromatic carbocycles. The van der Waals surface area contributed by atoms with Crippen molar-refractivity contribution in [1.29, 1.82) is 0 Å². The summed E-state index contributed by atoms with van der Waals surface area (Å²) < 4.78 is 16.9. The largest absolute Gasteiger partial charge is 0.380 e.